The Morgan fingerprint density at radius 3 is 2.96 bits per heavy atom. The van der Waals surface area contributed by atoms with Crippen LogP contribution >= 0.6 is 0 Å². The molecule has 1 atom stereocenters. The maximum Gasteiger partial charge on any atom is 0.227 e. The number of pyridine rings is 1. The van der Waals surface area contributed by atoms with Crippen LogP contribution in [0, 0.1) is 5.92 Å². The van der Waals surface area contributed by atoms with Gasteiger partial charge in [0.15, 0.2) is 11.6 Å². The number of fused-ring (bicyclic) bond motifs is 1. The normalized spacial score (nSPS) is 16.3. The van der Waals surface area contributed by atoms with E-state index in [0.717, 1.165) is 11.3 Å². The molecule has 6 heteroatoms. The Labute approximate surface area is 133 Å². The molecule has 0 unspecified atom stereocenters. The fourth-order valence-corrected chi connectivity index (χ4v) is 2.64. The minimum atomic E-state index is -0.273. The fourth-order valence-electron chi connectivity index (χ4n) is 2.64. The molecule has 3 rings (SSSR count). The molecule has 0 saturated heterocycles. The molecule has 2 heterocycles. The Bertz CT molecular complexity index is 745. The lowest BCUT2D eigenvalue weighted by Gasteiger charge is -2.24. The molecule has 1 aliphatic rings. The highest BCUT2D eigenvalue weighted by Gasteiger charge is 2.26. The second-order valence-corrected chi connectivity index (χ2v) is 5.51. The van der Waals surface area contributed by atoms with Gasteiger partial charge in [0.1, 0.15) is 0 Å². The van der Waals surface area contributed by atoms with Gasteiger partial charge in [-0.1, -0.05) is 18.2 Å². The van der Waals surface area contributed by atoms with Gasteiger partial charge in [0.25, 0.3) is 0 Å². The summed E-state index contributed by atoms with van der Waals surface area (Å²) >= 11 is 0. The lowest BCUT2D eigenvalue weighted by atomic mass is 9.89. The first kappa shape index (κ1) is 15.0. The van der Waals surface area contributed by atoms with Gasteiger partial charge in [0, 0.05) is 24.2 Å². The average Bonchev–Trinajstić information content (AvgIpc) is 2.55. The van der Waals surface area contributed by atoms with Gasteiger partial charge in [-0.3, -0.25) is 9.59 Å². The van der Waals surface area contributed by atoms with Crippen molar-refractivity contribution in [1.29, 1.82) is 0 Å². The SMILES string of the molecule is O=C(CC[C@@H]1Cc2ccccc2NC1=O)Nc1ncccc1O. The van der Waals surface area contributed by atoms with Crippen molar-refractivity contribution in [3.63, 3.8) is 0 Å². The summed E-state index contributed by atoms with van der Waals surface area (Å²) in [5.74, 6) is -0.503. The molecule has 23 heavy (non-hydrogen) atoms. The summed E-state index contributed by atoms with van der Waals surface area (Å²) in [5.41, 5.74) is 1.93. The molecule has 1 aromatic heterocycles. The predicted molar refractivity (Wildman–Crippen MR) is 86.0 cm³/mol. The first-order valence-electron chi connectivity index (χ1n) is 7.46. The highest BCUT2D eigenvalue weighted by molar-refractivity contribution is 5.96. The zero-order chi connectivity index (χ0) is 16.2. The van der Waals surface area contributed by atoms with Crippen LogP contribution in [0.5, 0.6) is 5.75 Å². The van der Waals surface area contributed by atoms with Crippen molar-refractivity contribution in [2.45, 2.75) is 19.3 Å². The first-order valence-corrected chi connectivity index (χ1v) is 7.46. The van der Waals surface area contributed by atoms with Gasteiger partial charge in [-0.05, 0) is 36.6 Å². The maximum absolute atomic E-state index is 12.1. The molecule has 6 nitrogen and oxygen atoms in total. The van der Waals surface area contributed by atoms with Gasteiger partial charge < -0.3 is 15.7 Å². The summed E-state index contributed by atoms with van der Waals surface area (Å²) in [6.07, 6.45) is 2.75. The molecular weight excluding hydrogens is 294 g/mol. The van der Waals surface area contributed by atoms with E-state index in [1.54, 1.807) is 6.07 Å². The summed E-state index contributed by atoms with van der Waals surface area (Å²) in [7, 11) is 0. The lowest BCUT2D eigenvalue weighted by molar-refractivity contribution is -0.121. The van der Waals surface area contributed by atoms with Crippen LogP contribution < -0.4 is 10.6 Å². The molecule has 1 aliphatic heterocycles. The monoisotopic (exact) mass is 311 g/mol. The van der Waals surface area contributed by atoms with Crippen LogP contribution in [-0.2, 0) is 16.0 Å². The Kier molecular flexibility index (Phi) is 4.23. The number of aromatic nitrogens is 1. The standard InChI is InChI=1S/C17H17N3O3/c21-14-6-3-9-18-16(14)20-15(22)8-7-12-10-11-4-1-2-5-13(11)19-17(12)23/h1-6,9,12,21H,7-8,10H2,(H,19,23)(H,18,20,22)/t12-/m1/s1. The maximum atomic E-state index is 12.1. The summed E-state index contributed by atoms with van der Waals surface area (Å²) in [6.45, 7) is 0. The number of hydrogen-bond donors (Lipinski definition) is 3. The number of para-hydroxylation sites is 1. The minimum absolute atomic E-state index is 0.0582. The van der Waals surface area contributed by atoms with Crippen molar-refractivity contribution in [2.75, 3.05) is 10.6 Å². The fraction of sp³-hybridized carbons (Fsp3) is 0.235. The van der Waals surface area contributed by atoms with Gasteiger partial charge in [-0.2, -0.15) is 0 Å². The number of hydrogen-bond acceptors (Lipinski definition) is 4. The van der Waals surface area contributed by atoms with E-state index in [1.807, 2.05) is 24.3 Å². The highest BCUT2D eigenvalue weighted by atomic mass is 16.3. The molecule has 0 saturated carbocycles. The Morgan fingerprint density at radius 2 is 2.13 bits per heavy atom. The van der Waals surface area contributed by atoms with E-state index in [-0.39, 0.29) is 35.7 Å². The molecule has 0 bridgehead atoms. The van der Waals surface area contributed by atoms with Crippen LogP contribution in [0.15, 0.2) is 42.6 Å². The van der Waals surface area contributed by atoms with Gasteiger partial charge in [0.2, 0.25) is 11.8 Å². The number of aromatic hydroxyl groups is 1. The number of nitrogens with one attached hydrogen (secondary N) is 2. The Balaban J connectivity index is 1.57. The molecule has 0 radical (unpaired) electrons. The molecular formula is C17H17N3O3. The van der Waals surface area contributed by atoms with Crippen molar-refractivity contribution in [3.8, 4) is 5.75 Å². The molecule has 2 aromatic rings. The second-order valence-electron chi connectivity index (χ2n) is 5.51. The van der Waals surface area contributed by atoms with E-state index in [9.17, 15) is 14.7 Å². The van der Waals surface area contributed by atoms with Crippen LogP contribution in [0.1, 0.15) is 18.4 Å². The first-order chi connectivity index (χ1) is 11.1. The number of anilines is 2. The van der Waals surface area contributed by atoms with E-state index in [0.29, 0.717) is 12.8 Å². The van der Waals surface area contributed by atoms with E-state index < -0.39 is 0 Å². The van der Waals surface area contributed by atoms with Gasteiger partial charge >= 0.3 is 0 Å². The number of benzene rings is 1. The third-order valence-electron chi connectivity index (χ3n) is 3.88. The summed E-state index contributed by atoms with van der Waals surface area (Å²) in [4.78, 5) is 27.9. The van der Waals surface area contributed by atoms with Crippen molar-refractivity contribution in [1.82, 2.24) is 4.98 Å². The van der Waals surface area contributed by atoms with Gasteiger partial charge in [0.05, 0.1) is 0 Å². The molecule has 2 amide bonds. The molecule has 118 valence electrons. The predicted octanol–water partition coefficient (Wildman–Crippen LogP) is 2.32. The molecule has 0 fully saturated rings. The van der Waals surface area contributed by atoms with Gasteiger partial charge in [-0.25, -0.2) is 4.98 Å². The summed E-state index contributed by atoms with van der Waals surface area (Å²) in [6, 6.07) is 10.7. The quantitative estimate of drug-likeness (QED) is 0.808. The number of carbonyl (C=O) groups excluding carboxylic acids is 2. The minimum Gasteiger partial charge on any atom is -0.504 e. The average molecular weight is 311 g/mol. The van der Waals surface area contributed by atoms with Gasteiger partial charge in [-0.15, -0.1) is 0 Å². The van der Waals surface area contributed by atoms with E-state index >= 15 is 0 Å². The number of amides is 2. The van der Waals surface area contributed by atoms with Crippen LogP contribution in [0.2, 0.25) is 0 Å². The summed E-state index contributed by atoms with van der Waals surface area (Å²) < 4.78 is 0. The van der Waals surface area contributed by atoms with Crippen molar-refractivity contribution in [3.05, 3.63) is 48.2 Å². The van der Waals surface area contributed by atoms with Crippen LogP contribution in [0.25, 0.3) is 0 Å². The van der Waals surface area contributed by atoms with Crippen molar-refractivity contribution < 1.29 is 14.7 Å². The van der Waals surface area contributed by atoms with E-state index in [2.05, 4.69) is 15.6 Å². The smallest absolute Gasteiger partial charge is 0.227 e. The molecule has 0 spiro atoms. The zero-order valence-electron chi connectivity index (χ0n) is 12.5. The van der Waals surface area contributed by atoms with E-state index in [4.69, 9.17) is 0 Å². The third kappa shape index (κ3) is 3.48. The lowest BCUT2D eigenvalue weighted by Crippen LogP contribution is -2.30. The highest BCUT2D eigenvalue weighted by Crippen LogP contribution is 2.27. The van der Waals surface area contributed by atoms with Crippen molar-refractivity contribution in [2.24, 2.45) is 5.92 Å². The summed E-state index contributed by atoms with van der Waals surface area (Å²) in [5, 5.41) is 15.0. The molecule has 1 aromatic carbocycles. The largest absolute Gasteiger partial charge is 0.504 e. The second kappa shape index (κ2) is 6.48. The van der Waals surface area contributed by atoms with Crippen molar-refractivity contribution >= 4 is 23.3 Å². The Morgan fingerprint density at radius 1 is 1.30 bits per heavy atom. The molecule has 3 N–H and O–H groups in total. The molecule has 0 aliphatic carbocycles. The zero-order valence-corrected chi connectivity index (χ0v) is 12.5. The van der Waals surface area contributed by atoms with Crippen LogP contribution in [0.3, 0.4) is 0 Å². The number of rotatable bonds is 4. The van der Waals surface area contributed by atoms with Crippen LogP contribution in [0.4, 0.5) is 11.5 Å². The van der Waals surface area contributed by atoms with Crippen LogP contribution in [-0.4, -0.2) is 21.9 Å². The Hall–Kier alpha value is -2.89. The third-order valence-corrected chi connectivity index (χ3v) is 3.88. The number of nitrogens with zero attached hydrogens (tertiary/aromatic N) is 1. The number of carbonyl (C=O) groups is 2. The van der Waals surface area contributed by atoms with E-state index in [1.165, 1.54) is 12.3 Å². The topological polar surface area (TPSA) is 91.3 Å².